The Morgan fingerprint density at radius 1 is 0.976 bits per heavy atom. The Morgan fingerprint density at radius 3 is 2.41 bits per heavy atom. The zero-order valence-electron chi connectivity index (χ0n) is 21.7. The molecular formula is C30H26F4N4O3. The van der Waals surface area contributed by atoms with Crippen molar-refractivity contribution in [2.45, 2.75) is 44.3 Å². The van der Waals surface area contributed by atoms with E-state index >= 15 is 0 Å². The lowest BCUT2D eigenvalue weighted by atomic mass is 10.0. The van der Waals surface area contributed by atoms with Gasteiger partial charge in [-0.25, -0.2) is 9.18 Å². The third-order valence-corrected chi connectivity index (χ3v) is 7.04. The van der Waals surface area contributed by atoms with Gasteiger partial charge in [0.2, 0.25) is 0 Å². The monoisotopic (exact) mass is 566 g/mol. The van der Waals surface area contributed by atoms with Gasteiger partial charge in [-0.3, -0.25) is 4.79 Å². The molecule has 1 aliphatic rings. The second-order valence-corrected chi connectivity index (χ2v) is 9.90. The molecule has 0 spiro atoms. The van der Waals surface area contributed by atoms with Crippen molar-refractivity contribution >= 4 is 17.6 Å². The maximum atomic E-state index is 13.2. The first kappa shape index (κ1) is 27.9. The lowest BCUT2D eigenvalue weighted by molar-refractivity contribution is -0.137. The minimum absolute atomic E-state index is 0.0822. The highest BCUT2D eigenvalue weighted by Gasteiger charge is 2.31. The van der Waals surface area contributed by atoms with E-state index in [2.05, 4.69) is 15.7 Å². The number of aromatic nitrogens is 2. The third kappa shape index (κ3) is 6.40. The number of amides is 2. The van der Waals surface area contributed by atoms with Crippen molar-refractivity contribution in [1.29, 1.82) is 0 Å². The molecule has 0 aliphatic heterocycles. The van der Waals surface area contributed by atoms with Crippen LogP contribution in [-0.2, 0) is 12.7 Å². The molecule has 1 aromatic heterocycles. The molecule has 0 atom stereocenters. The maximum Gasteiger partial charge on any atom is 0.416 e. The van der Waals surface area contributed by atoms with Gasteiger partial charge < -0.3 is 15.7 Å². The molecule has 0 unspecified atom stereocenters. The van der Waals surface area contributed by atoms with Crippen molar-refractivity contribution in [2.24, 2.45) is 0 Å². The second-order valence-electron chi connectivity index (χ2n) is 9.90. The SMILES string of the molecule is O=C(Nc1ccc(O)c(-c2cc(C3CCCC3)n(C(=O)NCc3ccc(F)cc3)n2)c1)c1cccc(C(F)(F)F)c1. The number of carbonyl (C=O) groups excluding carboxylic acids is 2. The second kappa shape index (κ2) is 11.4. The third-order valence-electron chi connectivity index (χ3n) is 7.04. The standard InChI is InChI=1S/C30H26F4N4O3/c31-22-10-8-18(9-11-22)17-35-29(41)38-26(19-4-1-2-5-19)16-25(37-38)24-15-23(12-13-27(24)39)36-28(40)20-6-3-7-21(14-20)30(32,33)34/h3,6-16,19,39H,1-2,4-5,17H2,(H,35,41)(H,36,40). The molecule has 1 fully saturated rings. The van der Waals surface area contributed by atoms with Crippen LogP contribution in [0, 0.1) is 5.82 Å². The first-order chi connectivity index (χ1) is 19.6. The number of halogens is 4. The van der Waals surface area contributed by atoms with Gasteiger partial charge in [-0.1, -0.05) is 31.0 Å². The highest BCUT2D eigenvalue weighted by molar-refractivity contribution is 6.04. The first-order valence-corrected chi connectivity index (χ1v) is 13.0. The summed E-state index contributed by atoms with van der Waals surface area (Å²) in [6, 6.07) is 15.2. The molecule has 0 radical (unpaired) electrons. The molecule has 0 bridgehead atoms. The van der Waals surface area contributed by atoms with Crippen LogP contribution in [0.15, 0.2) is 72.8 Å². The molecule has 212 valence electrons. The summed E-state index contributed by atoms with van der Waals surface area (Å²) >= 11 is 0. The quantitative estimate of drug-likeness (QED) is 0.172. The van der Waals surface area contributed by atoms with Gasteiger partial charge in [0.25, 0.3) is 5.91 Å². The summed E-state index contributed by atoms with van der Waals surface area (Å²) in [7, 11) is 0. The van der Waals surface area contributed by atoms with Crippen LogP contribution in [0.25, 0.3) is 11.3 Å². The average molecular weight is 567 g/mol. The van der Waals surface area contributed by atoms with Gasteiger partial charge >= 0.3 is 12.2 Å². The van der Waals surface area contributed by atoms with Crippen LogP contribution in [0.4, 0.5) is 28.0 Å². The number of phenolic OH excluding ortho intramolecular Hbond substituents is 1. The molecule has 2 amide bonds. The van der Waals surface area contributed by atoms with Crippen molar-refractivity contribution in [1.82, 2.24) is 15.1 Å². The van der Waals surface area contributed by atoms with Crippen LogP contribution in [0.5, 0.6) is 5.75 Å². The Balaban J connectivity index is 1.40. The Morgan fingerprint density at radius 2 is 1.71 bits per heavy atom. The predicted octanol–water partition coefficient (Wildman–Crippen LogP) is 7.08. The Kier molecular flexibility index (Phi) is 7.78. The molecule has 1 aliphatic carbocycles. The number of nitrogens with one attached hydrogen (secondary N) is 2. The van der Waals surface area contributed by atoms with Crippen LogP contribution in [-0.4, -0.2) is 26.8 Å². The topological polar surface area (TPSA) is 96.2 Å². The van der Waals surface area contributed by atoms with Crippen molar-refractivity contribution < 1.29 is 32.3 Å². The molecule has 7 nitrogen and oxygen atoms in total. The van der Waals surface area contributed by atoms with E-state index in [1.165, 1.54) is 41.1 Å². The van der Waals surface area contributed by atoms with E-state index in [1.807, 2.05) is 0 Å². The van der Waals surface area contributed by atoms with E-state index in [-0.39, 0.29) is 46.5 Å². The van der Waals surface area contributed by atoms with Crippen molar-refractivity contribution in [3.8, 4) is 17.0 Å². The van der Waals surface area contributed by atoms with Crippen LogP contribution in [0.1, 0.15) is 58.8 Å². The normalized spacial score (nSPS) is 13.8. The van der Waals surface area contributed by atoms with Gasteiger partial charge in [-0.05, 0) is 73.0 Å². The van der Waals surface area contributed by atoms with Gasteiger partial charge in [-0.15, -0.1) is 0 Å². The number of rotatable bonds is 6. The lowest BCUT2D eigenvalue weighted by Crippen LogP contribution is -2.30. The summed E-state index contributed by atoms with van der Waals surface area (Å²) < 4.78 is 53.8. The van der Waals surface area contributed by atoms with E-state index in [9.17, 15) is 32.3 Å². The number of carbonyl (C=O) groups is 2. The van der Waals surface area contributed by atoms with Gasteiger partial charge in [0, 0.05) is 29.3 Å². The molecule has 11 heteroatoms. The molecule has 41 heavy (non-hydrogen) atoms. The maximum absolute atomic E-state index is 13.2. The first-order valence-electron chi connectivity index (χ1n) is 13.0. The zero-order chi connectivity index (χ0) is 29.1. The molecular weight excluding hydrogens is 540 g/mol. The molecule has 1 heterocycles. The smallest absolute Gasteiger partial charge is 0.416 e. The van der Waals surface area contributed by atoms with E-state index in [0.717, 1.165) is 43.9 Å². The highest BCUT2D eigenvalue weighted by atomic mass is 19.4. The van der Waals surface area contributed by atoms with E-state index < -0.39 is 23.7 Å². The number of nitrogens with zero attached hydrogens (tertiary/aromatic N) is 2. The summed E-state index contributed by atoms with van der Waals surface area (Å²) in [4.78, 5) is 25.9. The number of hydrogen-bond donors (Lipinski definition) is 3. The summed E-state index contributed by atoms with van der Waals surface area (Å²) in [5, 5.41) is 20.4. The fourth-order valence-corrected chi connectivity index (χ4v) is 4.92. The minimum Gasteiger partial charge on any atom is -0.507 e. The zero-order valence-corrected chi connectivity index (χ0v) is 21.7. The van der Waals surface area contributed by atoms with Crippen LogP contribution >= 0.6 is 0 Å². The summed E-state index contributed by atoms with van der Waals surface area (Å²) in [5.74, 6) is -1.21. The van der Waals surface area contributed by atoms with Gasteiger partial charge in [0.15, 0.2) is 0 Å². The summed E-state index contributed by atoms with van der Waals surface area (Å²) in [6.07, 6.45) is -0.844. The summed E-state index contributed by atoms with van der Waals surface area (Å²) in [6.45, 7) is 0.153. The van der Waals surface area contributed by atoms with E-state index in [0.29, 0.717) is 11.3 Å². The van der Waals surface area contributed by atoms with Crippen LogP contribution < -0.4 is 10.6 Å². The Labute approximate surface area is 232 Å². The molecule has 0 saturated heterocycles. The van der Waals surface area contributed by atoms with Crippen molar-refractivity contribution in [3.63, 3.8) is 0 Å². The molecule has 3 N–H and O–H groups in total. The fourth-order valence-electron chi connectivity index (χ4n) is 4.92. The molecule has 3 aromatic carbocycles. The van der Waals surface area contributed by atoms with E-state index in [1.54, 1.807) is 18.2 Å². The number of aromatic hydroxyl groups is 1. The number of anilines is 1. The largest absolute Gasteiger partial charge is 0.507 e. The Bertz CT molecular complexity index is 1580. The van der Waals surface area contributed by atoms with Crippen molar-refractivity contribution in [3.05, 3.63) is 101 Å². The average Bonchev–Trinajstić information content (AvgIpc) is 3.64. The number of benzene rings is 3. The molecule has 5 rings (SSSR count). The Hall–Kier alpha value is -4.67. The predicted molar refractivity (Wildman–Crippen MR) is 144 cm³/mol. The molecule has 4 aromatic rings. The number of phenols is 1. The minimum atomic E-state index is -4.59. The van der Waals surface area contributed by atoms with Crippen molar-refractivity contribution in [2.75, 3.05) is 5.32 Å². The number of alkyl halides is 3. The lowest BCUT2D eigenvalue weighted by Gasteiger charge is -2.12. The van der Waals surface area contributed by atoms with Gasteiger partial charge in [-0.2, -0.15) is 23.0 Å². The highest BCUT2D eigenvalue weighted by Crippen LogP contribution is 2.38. The fraction of sp³-hybridized carbons (Fsp3) is 0.233. The van der Waals surface area contributed by atoms with Gasteiger partial charge in [0.1, 0.15) is 11.6 Å². The summed E-state index contributed by atoms with van der Waals surface area (Å²) in [5.41, 5.74) is 0.994. The van der Waals surface area contributed by atoms with Crippen LogP contribution in [0.2, 0.25) is 0 Å². The van der Waals surface area contributed by atoms with Gasteiger partial charge in [0.05, 0.1) is 17.0 Å². The number of hydrogen-bond acceptors (Lipinski definition) is 4. The molecule has 1 saturated carbocycles. The van der Waals surface area contributed by atoms with E-state index in [4.69, 9.17) is 0 Å². The van der Waals surface area contributed by atoms with Crippen LogP contribution in [0.3, 0.4) is 0 Å².